The number of rotatable bonds is 4. The molecule has 20 heavy (non-hydrogen) atoms. The number of fused-ring (bicyclic) bond motifs is 1. The van der Waals surface area contributed by atoms with Gasteiger partial charge in [0, 0.05) is 6.21 Å². The maximum atomic E-state index is 4.35. The zero-order valence-corrected chi connectivity index (χ0v) is 12.9. The van der Waals surface area contributed by atoms with Gasteiger partial charge < -0.3 is 4.90 Å². The normalized spacial score (nSPS) is 11.8. The Hall–Kier alpha value is -1.83. The van der Waals surface area contributed by atoms with Crippen molar-refractivity contribution in [2.45, 2.75) is 33.9 Å². The van der Waals surface area contributed by atoms with Crippen molar-refractivity contribution in [1.29, 1.82) is 0 Å². The fourth-order valence-electron chi connectivity index (χ4n) is 2.51. The van der Waals surface area contributed by atoms with Crippen molar-refractivity contribution in [3.8, 4) is 0 Å². The van der Waals surface area contributed by atoms with Gasteiger partial charge in [0.1, 0.15) is 0 Å². The molecule has 0 fully saturated rings. The molecule has 0 saturated heterocycles. The zero-order valence-electron chi connectivity index (χ0n) is 12.9. The summed E-state index contributed by atoms with van der Waals surface area (Å²) < 4.78 is 0. The summed E-state index contributed by atoms with van der Waals surface area (Å²) in [5, 5.41) is 2.73. The Morgan fingerprint density at radius 3 is 2.65 bits per heavy atom. The third-order valence-corrected chi connectivity index (χ3v) is 3.56. The first-order chi connectivity index (χ1) is 9.63. The van der Waals surface area contributed by atoms with Gasteiger partial charge in [-0.25, -0.2) is 0 Å². The Kier molecular flexibility index (Phi) is 4.78. The van der Waals surface area contributed by atoms with E-state index in [1.807, 2.05) is 12.3 Å². The predicted molar refractivity (Wildman–Crippen MR) is 93.1 cm³/mol. The highest BCUT2D eigenvalue weighted by molar-refractivity contribution is 6.55. The van der Waals surface area contributed by atoms with Crippen LogP contribution in [0.5, 0.6) is 0 Å². The Labute approximate surface area is 122 Å². The Balaban J connectivity index is 2.43. The molecule has 0 aliphatic heterocycles. The van der Waals surface area contributed by atoms with Crippen molar-refractivity contribution in [2.24, 2.45) is 4.90 Å². The summed E-state index contributed by atoms with van der Waals surface area (Å²) in [5.74, 6) is 0. The Bertz CT molecular complexity index is 654. The van der Waals surface area contributed by atoms with Gasteiger partial charge in [0.15, 0.2) is 0 Å². The monoisotopic (exact) mass is 263 g/mol. The minimum Gasteiger partial charge on any atom is -0.349 e. The smallest absolute Gasteiger partial charge is 0.272 e. The number of hydrogen-bond donors (Lipinski definition) is 0. The summed E-state index contributed by atoms with van der Waals surface area (Å²) in [4.78, 5) is 4.35. The molecule has 0 spiro atoms. The molecule has 0 N–H and O–H groups in total. The van der Waals surface area contributed by atoms with E-state index in [0.29, 0.717) is 6.85 Å². The maximum Gasteiger partial charge on any atom is 0.272 e. The molecule has 2 rings (SSSR count). The van der Waals surface area contributed by atoms with Gasteiger partial charge in [0.05, 0.1) is 0 Å². The van der Waals surface area contributed by atoms with Gasteiger partial charge in [-0.05, 0) is 46.9 Å². The molecule has 0 heterocycles. The van der Waals surface area contributed by atoms with Gasteiger partial charge in [0.25, 0.3) is 6.85 Å². The Morgan fingerprint density at radius 2 is 1.95 bits per heavy atom. The zero-order chi connectivity index (χ0) is 14.5. The molecule has 0 saturated carbocycles. The minimum atomic E-state index is 0.351. The first-order valence-corrected chi connectivity index (χ1v) is 7.34. The van der Waals surface area contributed by atoms with Crippen molar-refractivity contribution in [1.82, 2.24) is 0 Å². The largest absolute Gasteiger partial charge is 0.349 e. The predicted octanol–water partition coefficient (Wildman–Crippen LogP) is 5.05. The molecule has 2 aromatic carbocycles. The summed E-state index contributed by atoms with van der Waals surface area (Å²) in [5.41, 5.74) is 4.05. The van der Waals surface area contributed by atoms with Crippen LogP contribution in [0.4, 0.5) is 0 Å². The summed E-state index contributed by atoms with van der Waals surface area (Å²) in [6.45, 7) is 8.94. The molecule has 0 unspecified atom stereocenters. The topological polar surface area (TPSA) is 12.4 Å². The van der Waals surface area contributed by atoms with Crippen LogP contribution in [0.3, 0.4) is 0 Å². The lowest BCUT2D eigenvalue weighted by Crippen LogP contribution is -1.93. The maximum absolute atomic E-state index is 4.35. The van der Waals surface area contributed by atoms with Gasteiger partial charge in [0.2, 0.25) is 0 Å². The highest BCUT2D eigenvalue weighted by Crippen LogP contribution is 2.26. The molecular formula is C18H22BN. The first-order valence-electron chi connectivity index (χ1n) is 7.34. The van der Waals surface area contributed by atoms with Crippen LogP contribution >= 0.6 is 0 Å². The average Bonchev–Trinajstić information content (AvgIpc) is 2.44. The van der Waals surface area contributed by atoms with E-state index in [1.165, 1.54) is 27.5 Å². The van der Waals surface area contributed by atoms with Crippen molar-refractivity contribution < 1.29 is 0 Å². The second-order valence-corrected chi connectivity index (χ2v) is 5.40. The fourth-order valence-corrected chi connectivity index (χ4v) is 2.51. The number of allylic oxidation sites excluding steroid dienone is 1. The van der Waals surface area contributed by atoms with E-state index >= 15 is 0 Å². The van der Waals surface area contributed by atoms with Crippen LogP contribution in [-0.4, -0.2) is 13.1 Å². The van der Waals surface area contributed by atoms with Crippen molar-refractivity contribution in [3.63, 3.8) is 0 Å². The number of nitrogens with zero attached hydrogens (tertiary/aromatic N) is 1. The summed E-state index contributed by atoms with van der Waals surface area (Å²) in [7, 11) is 0. The van der Waals surface area contributed by atoms with Crippen LogP contribution in [0.15, 0.2) is 41.3 Å². The van der Waals surface area contributed by atoms with Crippen molar-refractivity contribution in [2.75, 3.05) is 0 Å². The molecular weight excluding hydrogens is 241 g/mol. The molecule has 0 aliphatic carbocycles. The van der Waals surface area contributed by atoms with E-state index in [4.69, 9.17) is 0 Å². The summed E-state index contributed by atoms with van der Waals surface area (Å²) in [6.07, 6.45) is 7.13. The highest BCUT2D eigenvalue weighted by atomic mass is 14.6. The number of benzene rings is 2. The molecule has 2 aromatic rings. The summed E-state index contributed by atoms with van der Waals surface area (Å²) >= 11 is 0. The molecule has 2 heteroatoms. The molecule has 0 aliphatic rings. The minimum absolute atomic E-state index is 0.351. The van der Waals surface area contributed by atoms with Gasteiger partial charge in [-0.2, -0.15) is 0 Å². The highest BCUT2D eigenvalue weighted by Gasteiger charge is 2.05. The van der Waals surface area contributed by atoms with Gasteiger partial charge in [-0.3, -0.25) is 0 Å². The number of hydrogen-bond acceptors (Lipinski definition) is 1. The van der Waals surface area contributed by atoms with E-state index in [9.17, 15) is 0 Å². The van der Waals surface area contributed by atoms with E-state index in [2.05, 4.69) is 68.8 Å². The van der Waals surface area contributed by atoms with Crippen LogP contribution < -0.4 is 0 Å². The van der Waals surface area contributed by atoms with E-state index in [0.717, 1.165) is 6.42 Å². The van der Waals surface area contributed by atoms with Gasteiger partial charge in [-0.15, -0.1) is 0 Å². The van der Waals surface area contributed by atoms with Gasteiger partial charge in [-0.1, -0.05) is 57.0 Å². The quantitative estimate of drug-likeness (QED) is 0.541. The van der Waals surface area contributed by atoms with Crippen LogP contribution in [0.2, 0.25) is 13.6 Å². The van der Waals surface area contributed by atoms with Crippen LogP contribution in [0.1, 0.15) is 23.6 Å². The molecule has 0 bridgehead atoms. The molecule has 0 atom stereocenters. The molecule has 0 amide bonds. The van der Waals surface area contributed by atoms with E-state index in [-0.39, 0.29) is 0 Å². The lowest BCUT2D eigenvalue weighted by molar-refractivity contribution is 1.16. The second-order valence-electron chi connectivity index (χ2n) is 5.40. The fraction of sp³-hybridized carbons (Fsp3) is 0.278. The average molecular weight is 263 g/mol. The second kappa shape index (κ2) is 6.56. The van der Waals surface area contributed by atoms with E-state index < -0.39 is 0 Å². The van der Waals surface area contributed by atoms with Crippen LogP contribution in [-0.2, 0) is 6.42 Å². The lowest BCUT2D eigenvalue weighted by atomic mass is 9.70. The van der Waals surface area contributed by atoms with Gasteiger partial charge >= 0.3 is 0 Å². The third kappa shape index (κ3) is 3.19. The van der Waals surface area contributed by atoms with Crippen LogP contribution in [0, 0.1) is 6.92 Å². The number of aryl methyl sites for hydroxylation is 2. The first kappa shape index (κ1) is 14.6. The van der Waals surface area contributed by atoms with Crippen molar-refractivity contribution >= 4 is 29.9 Å². The Morgan fingerprint density at radius 1 is 1.15 bits per heavy atom. The molecule has 1 nitrogen and oxygen atoms in total. The third-order valence-electron chi connectivity index (χ3n) is 3.56. The van der Waals surface area contributed by atoms with Crippen LogP contribution in [0.25, 0.3) is 16.8 Å². The SMILES string of the molecule is CCc1cccc2ccc(/C=C\C=N\B(C)C)c(C)c12. The lowest BCUT2D eigenvalue weighted by Gasteiger charge is -2.10. The summed E-state index contributed by atoms with van der Waals surface area (Å²) in [6, 6.07) is 11.0. The van der Waals surface area contributed by atoms with Crippen molar-refractivity contribution in [3.05, 3.63) is 53.1 Å². The van der Waals surface area contributed by atoms with E-state index in [1.54, 1.807) is 0 Å². The molecule has 0 aromatic heterocycles. The molecule has 0 radical (unpaired) electrons. The molecule has 102 valence electrons. The standard InChI is InChI=1S/C18H22BN/c1-5-15-8-6-9-17-12-11-16(14(2)18(15)17)10-7-13-20-19(3)4/h6-13H,5H2,1-4H3/b10-7-,20-13+.